The van der Waals surface area contributed by atoms with E-state index >= 15 is 0 Å². The van der Waals surface area contributed by atoms with E-state index in [0.717, 1.165) is 5.56 Å². The van der Waals surface area contributed by atoms with Crippen molar-refractivity contribution >= 4 is 17.5 Å². The molecule has 0 aliphatic carbocycles. The van der Waals surface area contributed by atoms with Gasteiger partial charge in [-0.2, -0.15) is 0 Å². The Labute approximate surface area is 175 Å². The second kappa shape index (κ2) is 10.1. The third kappa shape index (κ3) is 5.61. The first-order valence-corrected chi connectivity index (χ1v) is 9.59. The fraction of sp³-hybridized carbons (Fsp3) is 0.167. The summed E-state index contributed by atoms with van der Waals surface area (Å²) in [6, 6.07) is 23.5. The lowest BCUT2D eigenvalue weighted by molar-refractivity contribution is -0.122. The van der Waals surface area contributed by atoms with Crippen molar-refractivity contribution in [2.45, 2.75) is 19.6 Å². The van der Waals surface area contributed by atoms with Crippen LogP contribution in [0.25, 0.3) is 0 Å². The first-order valence-electron chi connectivity index (χ1n) is 9.59. The summed E-state index contributed by atoms with van der Waals surface area (Å²) in [6.45, 7) is 2.05. The molecule has 3 aromatic rings. The highest BCUT2D eigenvalue weighted by atomic mass is 16.5. The number of nitrogens with one attached hydrogen (secondary N) is 2. The molecule has 30 heavy (non-hydrogen) atoms. The zero-order valence-electron chi connectivity index (χ0n) is 16.9. The summed E-state index contributed by atoms with van der Waals surface area (Å²) in [5.74, 6) is 0.634. The monoisotopic (exact) mass is 404 g/mol. The molecule has 0 saturated carbocycles. The van der Waals surface area contributed by atoms with E-state index in [1.54, 1.807) is 62.6 Å². The second-order valence-electron chi connectivity index (χ2n) is 6.64. The van der Waals surface area contributed by atoms with Gasteiger partial charge in [-0.3, -0.25) is 9.59 Å². The van der Waals surface area contributed by atoms with E-state index in [1.165, 1.54) is 0 Å². The summed E-state index contributed by atoms with van der Waals surface area (Å²) in [6.07, 6.45) is -0.751. The largest absolute Gasteiger partial charge is 0.497 e. The van der Waals surface area contributed by atoms with E-state index in [9.17, 15) is 9.59 Å². The Morgan fingerprint density at radius 1 is 0.867 bits per heavy atom. The van der Waals surface area contributed by atoms with Gasteiger partial charge in [-0.05, 0) is 48.9 Å². The quantitative estimate of drug-likeness (QED) is 0.594. The van der Waals surface area contributed by atoms with E-state index < -0.39 is 6.10 Å². The molecule has 1 atom stereocenters. The number of carbonyl (C=O) groups excluding carboxylic acids is 2. The molecular formula is C24H24N2O4. The first-order chi connectivity index (χ1) is 14.6. The van der Waals surface area contributed by atoms with E-state index in [1.807, 2.05) is 30.3 Å². The molecule has 0 saturated heterocycles. The van der Waals surface area contributed by atoms with Crippen molar-refractivity contribution < 1.29 is 19.1 Å². The summed E-state index contributed by atoms with van der Waals surface area (Å²) >= 11 is 0. The Balaban J connectivity index is 1.62. The van der Waals surface area contributed by atoms with Crippen LogP contribution in [-0.2, 0) is 11.3 Å². The highest BCUT2D eigenvalue weighted by Gasteiger charge is 2.18. The normalized spacial score (nSPS) is 11.3. The summed E-state index contributed by atoms with van der Waals surface area (Å²) in [4.78, 5) is 25.2. The van der Waals surface area contributed by atoms with Gasteiger partial charge in [0.05, 0.1) is 18.4 Å². The lowest BCUT2D eigenvalue weighted by Gasteiger charge is -2.16. The molecule has 0 aliphatic heterocycles. The Morgan fingerprint density at radius 2 is 1.50 bits per heavy atom. The summed E-state index contributed by atoms with van der Waals surface area (Å²) in [7, 11) is 1.58. The second-order valence-corrected chi connectivity index (χ2v) is 6.64. The van der Waals surface area contributed by atoms with Crippen molar-refractivity contribution in [2.75, 3.05) is 12.4 Å². The van der Waals surface area contributed by atoms with Crippen LogP contribution in [0.2, 0.25) is 0 Å². The molecule has 3 aromatic carbocycles. The molecule has 0 aromatic heterocycles. The molecule has 0 aliphatic rings. The Bertz CT molecular complexity index is 988. The standard InChI is InChI=1S/C24H24N2O4/c1-17(30-20-14-12-19(29-2)13-15-20)23(27)26-22-11-7-6-10-21(22)24(28)25-16-18-8-4-3-5-9-18/h3-15,17H,16H2,1-2H3,(H,25,28)(H,26,27)/t17-/m0/s1. The van der Waals surface area contributed by atoms with Crippen LogP contribution in [0, 0.1) is 0 Å². The number of methoxy groups -OCH3 is 1. The van der Waals surface area contributed by atoms with Crippen LogP contribution in [-0.4, -0.2) is 25.0 Å². The van der Waals surface area contributed by atoms with Crippen molar-refractivity contribution in [1.29, 1.82) is 0 Å². The van der Waals surface area contributed by atoms with Gasteiger partial charge in [-0.15, -0.1) is 0 Å². The Hall–Kier alpha value is -3.80. The number of anilines is 1. The van der Waals surface area contributed by atoms with Crippen molar-refractivity contribution in [3.63, 3.8) is 0 Å². The smallest absolute Gasteiger partial charge is 0.265 e. The Kier molecular flexibility index (Phi) is 7.05. The molecule has 0 unspecified atom stereocenters. The Morgan fingerprint density at radius 3 is 2.20 bits per heavy atom. The van der Waals surface area contributed by atoms with Crippen LogP contribution in [0.1, 0.15) is 22.8 Å². The summed E-state index contributed by atoms with van der Waals surface area (Å²) in [5, 5.41) is 5.66. The van der Waals surface area contributed by atoms with Crippen LogP contribution < -0.4 is 20.1 Å². The molecule has 154 valence electrons. The maximum Gasteiger partial charge on any atom is 0.265 e. The number of para-hydroxylation sites is 1. The molecule has 2 amide bonds. The van der Waals surface area contributed by atoms with Crippen molar-refractivity contribution in [3.05, 3.63) is 90.0 Å². The number of rotatable bonds is 8. The molecular weight excluding hydrogens is 380 g/mol. The van der Waals surface area contributed by atoms with Crippen molar-refractivity contribution in [2.24, 2.45) is 0 Å². The lowest BCUT2D eigenvalue weighted by atomic mass is 10.1. The van der Waals surface area contributed by atoms with E-state index in [0.29, 0.717) is 29.3 Å². The van der Waals surface area contributed by atoms with Gasteiger partial charge in [0.15, 0.2) is 6.10 Å². The molecule has 0 radical (unpaired) electrons. The van der Waals surface area contributed by atoms with Gasteiger partial charge >= 0.3 is 0 Å². The molecule has 3 rings (SSSR count). The molecule has 0 spiro atoms. The third-order valence-corrected chi connectivity index (χ3v) is 4.47. The fourth-order valence-corrected chi connectivity index (χ4v) is 2.81. The number of hydrogen-bond donors (Lipinski definition) is 2. The molecule has 2 N–H and O–H groups in total. The van der Waals surface area contributed by atoms with E-state index in [4.69, 9.17) is 9.47 Å². The average Bonchev–Trinajstić information content (AvgIpc) is 2.79. The number of amides is 2. The maximum absolute atomic E-state index is 12.6. The summed E-state index contributed by atoms with van der Waals surface area (Å²) < 4.78 is 10.8. The predicted molar refractivity (Wildman–Crippen MR) is 116 cm³/mol. The molecule has 6 nitrogen and oxygen atoms in total. The molecule has 6 heteroatoms. The minimum absolute atomic E-state index is 0.265. The number of carbonyl (C=O) groups is 2. The fourth-order valence-electron chi connectivity index (χ4n) is 2.81. The minimum Gasteiger partial charge on any atom is -0.497 e. The molecule has 0 fully saturated rings. The van der Waals surface area contributed by atoms with Gasteiger partial charge < -0.3 is 20.1 Å². The number of ether oxygens (including phenoxy) is 2. The van der Waals surface area contributed by atoms with Gasteiger partial charge in [0, 0.05) is 6.54 Å². The highest BCUT2D eigenvalue weighted by Crippen LogP contribution is 2.20. The predicted octanol–water partition coefficient (Wildman–Crippen LogP) is 4.03. The molecule has 0 heterocycles. The van der Waals surface area contributed by atoms with Gasteiger partial charge in [0.1, 0.15) is 11.5 Å². The van der Waals surface area contributed by atoms with Gasteiger partial charge in [0.25, 0.3) is 11.8 Å². The first kappa shape index (κ1) is 20.9. The summed E-state index contributed by atoms with van der Waals surface area (Å²) in [5.41, 5.74) is 1.81. The SMILES string of the molecule is COc1ccc(O[C@@H](C)C(=O)Nc2ccccc2C(=O)NCc2ccccc2)cc1. The average molecular weight is 404 g/mol. The van der Waals surface area contributed by atoms with E-state index in [-0.39, 0.29) is 11.8 Å². The number of benzene rings is 3. The highest BCUT2D eigenvalue weighted by molar-refractivity contribution is 6.04. The molecule has 0 bridgehead atoms. The van der Waals surface area contributed by atoms with Gasteiger partial charge in [-0.1, -0.05) is 42.5 Å². The van der Waals surface area contributed by atoms with Crippen LogP contribution in [0.3, 0.4) is 0 Å². The van der Waals surface area contributed by atoms with E-state index in [2.05, 4.69) is 10.6 Å². The van der Waals surface area contributed by atoms with Crippen LogP contribution in [0.4, 0.5) is 5.69 Å². The topological polar surface area (TPSA) is 76.7 Å². The minimum atomic E-state index is -0.751. The third-order valence-electron chi connectivity index (χ3n) is 4.47. The van der Waals surface area contributed by atoms with Crippen LogP contribution >= 0.6 is 0 Å². The van der Waals surface area contributed by atoms with Gasteiger partial charge in [0.2, 0.25) is 0 Å². The van der Waals surface area contributed by atoms with Crippen molar-refractivity contribution in [1.82, 2.24) is 5.32 Å². The zero-order chi connectivity index (χ0) is 21.3. The number of hydrogen-bond acceptors (Lipinski definition) is 4. The van der Waals surface area contributed by atoms with Crippen LogP contribution in [0.15, 0.2) is 78.9 Å². The van der Waals surface area contributed by atoms with Gasteiger partial charge in [-0.25, -0.2) is 0 Å². The lowest BCUT2D eigenvalue weighted by Crippen LogP contribution is -2.31. The zero-order valence-corrected chi connectivity index (χ0v) is 16.9. The van der Waals surface area contributed by atoms with Crippen molar-refractivity contribution in [3.8, 4) is 11.5 Å². The van der Waals surface area contributed by atoms with Crippen LogP contribution in [0.5, 0.6) is 11.5 Å². The maximum atomic E-state index is 12.6.